The first-order valence-electron chi connectivity index (χ1n) is 9.33. The predicted molar refractivity (Wildman–Crippen MR) is 104 cm³/mol. The van der Waals surface area contributed by atoms with Crippen molar-refractivity contribution in [1.82, 2.24) is 5.32 Å². The number of ether oxygens (including phenoxy) is 1. The third kappa shape index (κ3) is 5.74. The Balaban J connectivity index is 1.70. The van der Waals surface area contributed by atoms with Crippen LogP contribution in [0.4, 0.5) is 4.39 Å². The van der Waals surface area contributed by atoms with Gasteiger partial charge in [0.1, 0.15) is 31.5 Å². The first-order valence-corrected chi connectivity index (χ1v) is 9.33. The van der Waals surface area contributed by atoms with Crippen molar-refractivity contribution in [1.29, 1.82) is 0 Å². The van der Waals surface area contributed by atoms with Gasteiger partial charge in [0.2, 0.25) is 5.91 Å². The van der Waals surface area contributed by atoms with E-state index in [4.69, 9.17) is 4.74 Å². The van der Waals surface area contributed by atoms with E-state index in [0.717, 1.165) is 38.4 Å². The van der Waals surface area contributed by atoms with Gasteiger partial charge in [-0.3, -0.25) is 4.79 Å². The third-order valence-corrected chi connectivity index (χ3v) is 4.81. The fourth-order valence-electron chi connectivity index (χ4n) is 3.20. The number of nitrogens with one attached hydrogen (secondary N) is 2. The molecular weight excluding hydrogens is 343 g/mol. The minimum atomic E-state index is -0.339. The summed E-state index contributed by atoms with van der Waals surface area (Å²) in [4.78, 5) is 13.9. The number of hydrogen-bond donors (Lipinski definition) is 2. The summed E-state index contributed by atoms with van der Waals surface area (Å²) in [7, 11) is 0. The lowest BCUT2D eigenvalue weighted by Gasteiger charge is -2.28. The van der Waals surface area contributed by atoms with Crippen LogP contribution in [0.25, 0.3) is 6.08 Å². The highest BCUT2D eigenvalue weighted by Crippen LogP contribution is 2.13. The standard InChI is InChI=1S/C22H25FN2O2/c1-17-6-8-19(9-7-17)21(16-25-12-14-27-15-13-25)24-22(26)11-10-18-4-2-3-5-20(18)23/h2-11,21H,12-16H2,1H3,(H,24,26)/p+1/b11-10+/t21-/m1/s1. The van der Waals surface area contributed by atoms with Gasteiger partial charge in [-0.25, -0.2) is 4.39 Å². The number of hydrogen-bond acceptors (Lipinski definition) is 2. The van der Waals surface area contributed by atoms with Gasteiger partial charge in [0, 0.05) is 11.6 Å². The van der Waals surface area contributed by atoms with E-state index in [2.05, 4.69) is 29.6 Å². The zero-order valence-electron chi connectivity index (χ0n) is 15.6. The predicted octanol–water partition coefficient (Wildman–Crippen LogP) is 1.92. The van der Waals surface area contributed by atoms with Crippen molar-refractivity contribution in [3.05, 3.63) is 77.1 Å². The van der Waals surface area contributed by atoms with E-state index in [-0.39, 0.29) is 17.8 Å². The normalized spacial score (nSPS) is 16.4. The molecule has 0 radical (unpaired) electrons. The molecule has 1 saturated heterocycles. The van der Waals surface area contributed by atoms with Crippen LogP contribution in [0.5, 0.6) is 0 Å². The highest BCUT2D eigenvalue weighted by molar-refractivity contribution is 5.92. The van der Waals surface area contributed by atoms with Gasteiger partial charge < -0.3 is 15.0 Å². The second kappa shape index (κ2) is 9.44. The van der Waals surface area contributed by atoms with Crippen molar-refractivity contribution in [3.8, 4) is 0 Å². The molecular formula is C22H26FN2O2+. The Morgan fingerprint density at radius 2 is 1.89 bits per heavy atom. The molecule has 1 aliphatic rings. The molecule has 1 heterocycles. The summed E-state index contributed by atoms with van der Waals surface area (Å²) in [5.74, 6) is -0.564. The van der Waals surface area contributed by atoms with E-state index in [9.17, 15) is 9.18 Å². The van der Waals surface area contributed by atoms with E-state index >= 15 is 0 Å². The highest BCUT2D eigenvalue weighted by Gasteiger charge is 2.22. The molecule has 0 saturated carbocycles. The number of carbonyl (C=O) groups excluding carboxylic acids is 1. The van der Waals surface area contributed by atoms with Gasteiger partial charge in [-0.05, 0) is 24.6 Å². The Bertz CT molecular complexity index is 783. The average Bonchev–Trinajstić information content (AvgIpc) is 2.68. The maximum absolute atomic E-state index is 13.7. The largest absolute Gasteiger partial charge is 0.370 e. The lowest BCUT2D eigenvalue weighted by atomic mass is 10.0. The van der Waals surface area contributed by atoms with Crippen LogP contribution in [0.2, 0.25) is 0 Å². The topological polar surface area (TPSA) is 42.8 Å². The summed E-state index contributed by atoms with van der Waals surface area (Å²) < 4.78 is 19.1. The monoisotopic (exact) mass is 369 g/mol. The molecule has 2 aromatic rings. The van der Waals surface area contributed by atoms with E-state index in [1.807, 2.05) is 6.92 Å². The smallest absolute Gasteiger partial charge is 0.244 e. The summed E-state index contributed by atoms with van der Waals surface area (Å²) in [5.41, 5.74) is 2.66. The Kier molecular flexibility index (Phi) is 6.74. The van der Waals surface area contributed by atoms with Crippen LogP contribution in [-0.4, -0.2) is 38.8 Å². The fourth-order valence-corrected chi connectivity index (χ4v) is 3.20. The number of benzene rings is 2. The van der Waals surface area contributed by atoms with Crippen LogP contribution < -0.4 is 10.2 Å². The van der Waals surface area contributed by atoms with Crippen molar-refractivity contribution in [2.45, 2.75) is 13.0 Å². The molecule has 142 valence electrons. The Hall–Kier alpha value is -2.50. The summed E-state index contributed by atoms with van der Waals surface area (Å²) in [6, 6.07) is 14.5. The third-order valence-electron chi connectivity index (χ3n) is 4.81. The molecule has 0 aliphatic carbocycles. The number of morpholine rings is 1. The number of rotatable bonds is 6. The minimum Gasteiger partial charge on any atom is -0.370 e. The molecule has 2 N–H and O–H groups in total. The van der Waals surface area contributed by atoms with Gasteiger partial charge in [0.25, 0.3) is 0 Å². The summed E-state index contributed by atoms with van der Waals surface area (Å²) in [6.45, 7) is 6.20. The zero-order chi connectivity index (χ0) is 19.1. The summed E-state index contributed by atoms with van der Waals surface area (Å²) in [5, 5.41) is 3.08. The lowest BCUT2D eigenvalue weighted by Crippen LogP contribution is -3.14. The molecule has 4 nitrogen and oxygen atoms in total. The van der Waals surface area contributed by atoms with Crippen LogP contribution in [0.15, 0.2) is 54.6 Å². The van der Waals surface area contributed by atoms with E-state index in [0.29, 0.717) is 5.56 Å². The lowest BCUT2D eigenvalue weighted by molar-refractivity contribution is -0.909. The first kappa shape index (κ1) is 19.3. The van der Waals surface area contributed by atoms with E-state index in [1.165, 1.54) is 28.7 Å². The fraction of sp³-hybridized carbons (Fsp3) is 0.318. The minimum absolute atomic E-state index is 0.100. The molecule has 27 heavy (non-hydrogen) atoms. The molecule has 0 aromatic heterocycles. The average molecular weight is 369 g/mol. The van der Waals surface area contributed by atoms with Crippen molar-refractivity contribution in [2.24, 2.45) is 0 Å². The number of quaternary nitrogens is 1. The number of halogens is 1. The Morgan fingerprint density at radius 1 is 1.19 bits per heavy atom. The van der Waals surface area contributed by atoms with Crippen LogP contribution in [0, 0.1) is 12.7 Å². The van der Waals surface area contributed by atoms with E-state index < -0.39 is 0 Å². The zero-order valence-corrected chi connectivity index (χ0v) is 15.6. The molecule has 1 atom stereocenters. The van der Waals surface area contributed by atoms with Gasteiger partial charge in [0.05, 0.1) is 13.2 Å². The SMILES string of the molecule is Cc1ccc([C@@H](C[NH+]2CCOCC2)NC(=O)/C=C/c2ccccc2F)cc1. The molecule has 0 bridgehead atoms. The summed E-state index contributed by atoms with van der Waals surface area (Å²) >= 11 is 0. The highest BCUT2D eigenvalue weighted by atomic mass is 19.1. The molecule has 5 heteroatoms. The van der Waals surface area contributed by atoms with E-state index in [1.54, 1.807) is 18.2 Å². The van der Waals surface area contributed by atoms with Crippen LogP contribution in [-0.2, 0) is 9.53 Å². The summed E-state index contributed by atoms with van der Waals surface area (Å²) in [6.07, 6.45) is 2.91. The maximum Gasteiger partial charge on any atom is 0.244 e. The van der Waals surface area contributed by atoms with Crippen LogP contribution in [0.3, 0.4) is 0 Å². The molecule has 2 aromatic carbocycles. The molecule has 1 amide bonds. The Morgan fingerprint density at radius 3 is 2.59 bits per heavy atom. The number of carbonyl (C=O) groups is 1. The Labute approximate surface area is 159 Å². The van der Waals surface area contributed by atoms with Gasteiger partial charge >= 0.3 is 0 Å². The molecule has 1 aliphatic heterocycles. The molecule has 1 fully saturated rings. The van der Waals surface area contributed by atoms with Crippen molar-refractivity contribution in [3.63, 3.8) is 0 Å². The molecule has 0 unspecified atom stereocenters. The number of amides is 1. The first-order chi connectivity index (χ1) is 13.1. The quantitative estimate of drug-likeness (QED) is 0.764. The van der Waals surface area contributed by atoms with Crippen molar-refractivity contribution < 1.29 is 18.8 Å². The second-order valence-electron chi connectivity index (χ2n) is 6.89. The van der Waals surface area contributed by atoms with Gasteiger partial charge in [-0.15, -0.1) is 0 Å². The van der Waals surface area contributed by atoms with Crippen LogP contribution >= 0.6 is 0 Å². The molecule has 0 spiro atoms. The maximum atomic E-state index is 13.7. The van der Waals surface area contributed by atoms with Gasteiger partial charge in [0.15, 0.2) is 0 Å². The van der Waals surface area contributed by atoms with Gasteiger partial charge in [-0.2, -0.15) is 0 Å². The van der Waals surface area contributed by atoms with Crippen molar-refractivity contribution >= 4 is 12.0 Å². The molecule has 3 rings (SSSR count). The van der Waals surface area contributed by atoms with Gasteiger partial charge in [-0.1, -0.05) is 48.0 Å². The van der Waals surface area contributed by atoms with Crippen LogP contribution in [0.1, 0.15) is 22.7 Å². The number of aryl methyl sites for hydroxylation is 1. The van der Waals surface area contributed by atoms with Crippen molar-refractivity contribution in [2.75, 3.05) is 32.8 Å². The second-order valence-corrected chi connectivity index (χ2v) is 6.89.